The van der Waals surface area contributed by atoms with Gasteiger partial charge < -0.3 is 15.4 Å². The molecule has 0 aliphatic carbocycles. The minimum Gasteiger partial charge on any atom is -0.396 e. The lowest BCUT2D eigenvalue weighted by Crippen LogP contribution is -2.46. The first-order chi connectivity index (χ1) is 11.8. The molecule has 1 aliphatic heterocycles. The number of nitrogens with two attached hydrogens (primary N) is 1. The van der Waals surface area contributed by atoms with Crippen LogP contribution in [0.25, 0.3) is 11.1 Å². The Morgan fingerprint density at radius 1 is 1.08 bits per heavy atom. The molecule has 4 nitrogen and oxygen atoms in total. The smallest absolute Gasteiger partial charge is 0.170 e. The van der Waals surface area contributed by atoms with E-state index in [1.807, 2.05) is 27.7 Å². The van der Waals surface area contributed by atoms with Crippen molar-refractivity contribution in [1.29, 1.82) is 0 Å². The van der Waals surface area contributed by atoms with E-state index in [0.29, 0.717) is 18.7 Å². The number of anilines is 2. The zero-order valence-corrected chi connectivity index (χ0v) is 14.9. The Kier molecular flexibility index (Phi) is 4.64. The van der Waals surface area contributed by atoms with Crippen molar-refractivity contribution in [3.05, 3.63) is 41.2 Å². The highest BCUT2D eigenvalue weighted by Gasteiger charge is 2.27. The maximum absolute atomic E-state index is 15.0. The Bertz CT molecular complexity index is 779. The van der Waals surface area contributed by atoms with Crippen LogP contribution in [0.5, 0.6) is 0 Å². The topological polar surface area (TPSA) is 51.4 Å². The van der Waals surface area contributed by atoms with Crippen LogP contribution < -0.4 is 10.6 Å². The number of morpholine rings is 1. The van der Waals surface area contributed by atoms with Crippen LogP contribution in [-0.2, 0) is 4.74 Å². The molecule has 134 valence electrons. The predicted octanol–water partition coefficient (Wildman–Crippen LogP) is 3.84. The number of ether oxygens (including phenoxy) is 1. The molecular formula is C19H23F2N3O. The molecule has 0 spiro atoms. The summed E-state index contributed by atoms with van der Waals surface area (Å²) in [6.45, 7) is 8.44. The van der Waals surface area contributed by atoms with Crippen LogP contribution in [0.3, 0.4) is 0 Å². The fraction of sp³-hybridized carbons (Fsp3) is 0.421. The number of pyridine rings is 1. The van der Waals surface area contributed by atoms with Gasteiger partial charge in [0.25, 0.3) is 0 Å². The van der Waals surface area contributed by atoms with E-state index in [2.05, 4.69) is 4.98 Å². The second-order valence-corrected chi connectivity index (χ2v) is 6.78. The molecule has 0 amide bonds. The molecule has 25 heavy (non-hydrogen) atoms. The summed E-state index contributed by atoms with van der Waals surface area (Å²) in [6, 6.07) is 4.65. The summed E-state index contributed by atoms with van der Waals surface area (Å²) in [7, 11) is 0. The zero-order valence-electron chi connectivity index (χ0n) is 14.9. The molecule has 2 unspecified atom stereocenters. The van der Waals surface area contributed by atoms with Gasteiger partial charge in [0.15, 0.2) is 5.82 Å². The molecule has 0 radical (unpaired) electrons. The minimum absolute atomic E-state index is 0.0578. The molecule has 2 N–H and O–H groups in total. The van der Waals surface area contributed by atoms with Gasteiger partial charge in [0.2, 0.25) is 0 Å². The fourth-order valence-corrected chi connectivity index (χ4v) is 3.51. The SMILES string of the molecule is Cc1cc(-c2c(F)cc(N3CC(C)OC(C)C3)c(F)c2N)cc(C)n1. The summed E-state index contributed by atoms with van der Waals surface area (Å²) >= 11 is 0. The molecule has 2 aromatic rings. The number of halogens is 2. The Morgan fingerprint density at radius 3 is 2.20 bits per heavy atom. The van der Waals surface area contributed by atoms with Gasteiger partial charge in [-0.05, 0) is 45.4 Å². The van der Waals surface area contributed by atoms with Crippen molar-refractivity contribution in [1.82, 2.24) is 4.98 Å². The van der Waals surface area contributed by atoms with E-state index < -0.39 is 11.6 Å². The van der Waals surface area contributed by atoms with E-state index in [0.717, 1.165) is 11.4 Å². The average Bonchev–Trinajstić information content (AvgIpc) is 2.49. The van der Waals surface area contributed by atoms with Gasteiger partial charge in [-0.15, -0.1) is 0 Å². The number of aryl methyl sites for hydroxylation is 2. The second-order valence-electron chi connectivity index (χ2n) is 6.78. The average molecular weight is 347 g/mol. The molecule has 1 aliphatic rings. The van der Waals surface area contributed by atoms with Gasteiger partial charge >= 0.3 is 0 Å². The molecule has 1 aromatic heterocycles. The number of nitrogen functional groups attached to an aromatic ring is 1. The van der Waals surface area contributed by atoms with Crippen molar-refractivity contribution < 1.29 is 13.5 Å². The van der Waals surface area contributed by atoms with Crippen molar-refractivity contribution in [3.8, 4) is 11.1 Å². The quantitative estimate of drug-likeness (QED) is 0.839. The van der Waals surface area contributed by atoms with E-state index in [1.165, 1.54) is 6.07 Å². The van der Waals surface area contributed by atoms with Gasteiger partial charge in [0.05, 0.1) is 23.6 Å². The van der Waals surface area contributed by atoms with Crippen molar-refractivity contribution in [3.63, 3.8) is 0 Å². The van der Waals surface area contributed by atoms with E-state index in [-0.39, 0.29) is 29.1 Å². The van der Waals surface area contributed by atoms with Gasteiger partial charge in [0.1, 0.15) is 5.82 Å². The molecular weight excluding hydrogens is 324 g/mol. The highest BCUT2D eigenvalue weighted by molar-refractivity contribution is 5.81. The van der Waals surface area contributed by atoms with Crippen LogP contribution in [0.2, 0.25) is 0 Å². The zero-order chi connectivity index (χ0) is 18.3. The number of rotatable bonds is 2. The lowest BCUT2D eigenvalue weighted by Gasteiger charge is -2.37. The van der Waals surface area contributed by atoms with Crippen LogP contribution in [0.15, 0.2) is 18.2 Å². The molecule has 6 heteroatoms. The number of benzene rings is 1. The summed E-state index contributed by atoms with van der Waals surface area (Å²) in [5.74, 6) is -1.13. The van der Waals surface area contributed by atoms with Crippen LogP contribution in [-0.4, -0.2) is 30.3 Å². The monoisotopic (exact) mass is 347 g/mol. The van der Waals surface area contributed by atoms with Crippen LogP contribution in [0.4, 0.5) is 20.2 Å². The van der Waals surface area contributed by atoms with E-state index >= 15 is 0 Å². The predicted molar refractivity (Wildman–Crippen MR) is 95.7 cm³/mol. The maximum atomic E-state index is 15.0. The highest BCUT2D eigenvalue weighted by Crippen LogP contribution is 2.37. The number of aromatic nitrogens is 1. The molecule has 2 heterocycles. The Labute approximate surface area is 146 Å². The largest absolute Gasteiger partial charge is 0.396 e. The number of nitrogens with zero attached hydrogens (tertiary/aromatic N) is 2. The van der Waals surface area contributed by atoms with Crippen molar-refractivity contribution in [2.45, 2.75) is 39.9 Å². The third-order valence-electron chi connectivity index (χ3n) is 4.36. The van der Waals surface area contributed by atoms with Crippen molar-refractivity contribution in [2.75, 3.05) is 23.7 Å². The van der Waals surface area contributed by atoms with E-state index in [4.69, 9.17) is 10.5 Å². The van der Waals surface area contributed by atoms with Crippen LogP contribution >= 0.6 is 0 Å². The summed E-state index contributed by atoms with van der Waals surface area (Å²) in [5.41, 5.74) is 8.09. The minimum atomic E-state index is -0.593. The van der Waals surface area contributed by atoms with Crippen LogP contribution in [0.1, 0.15) is 25.2 Å². The van der Waals surface area contributed by atoms with Gasteiger partial charge in [-0.2, -0.15) is 0 Å². The molecule has 2 atom stereocenters. The summed E-state index contributed by atoms with van der Waals surface area (Å²) < 4.78 is 35.5. The fourth-order valence-electron chi connectivity index (χ4n) is 3.51. The molecule has 1 fully saturated rings. The second kappa shape index (κ2) is 6.59. The summed E-state index contributed by atoms with van der Waals surface area (Å²) in [4.78, 5) is 6.06. The van der Waals surface area contributed by atoms with Crippen LogP contribution in [0, 0.1) is 25.5 Å². The standard InChI is InChI=1S/C19H23F2N3O/c1-10-5-14(6-11(2)23-10)17-15(20)7-16(18(21)19(17)22)24-8-12(3)25-13(4)9-24/h5-7,12-13H,8-9,22H2,1-4H3. The molecule has 3 rings (SSSR count). The van der Waals surface area contributed by atoms with Crippen molar-refractivity contribution in [2.24, 2.45) is 0 Å². The Morgan fingerprint density at radius 2 is 1.64 bits per heavy atom. The molecule has 0 saturated carbocycles. The first-order valence-corrected chi connectivity index (χ1v) is 8.39. The van der Waals surface area contributed by atoms with Gasteiger partial charge in [-0.3, -0.25) is 4.98 Å². The summed E-state index contributed by atoms with van der Waals surface area (Å²) in [5, 5.41) is 0. The Hall–Kier alpha value is -2.21. The molecule has 0 bridgehead atoms. The van der Waals surface area contributed by atoms with Gasteiger partial charge in [0, 0.05) is 36.1 Å². The lowest BCUT2D eigenvalue weighted by molar-refractivity contribution is -0.00540. The lowest BCUT2D eigenvalue weighted by atomic mass is 10.0. The van der Waals surface area contributed by atoms with E-state index in [9.17, 15) is 8.78 Å². The molecule has 1 aromatic carbocycles. The van der Waals surface area contributed by atoms with Gasteiger partial charge in [-0.1, -0.05) is 0 Å². The van der Waals surface area contributed by atoms with Gasteiger partial charge in [-0.25, -0.2) is 8.78 Å². The molecule has 1 saturated heterocycles. The highest BCUT2D eigenvalue weighted by atomic mass is 19.1. The van der Waals surface area contributed by atoms with E-state index in [1.54, 1.807) is 17.0 Å². The number of hydrogen-bond donors (Lipinski definition) is 1. The number of hydrogen-bond acceptors (Lipinski definition) is 4. The Balaban J connectivity index is 2.08. The third kappa shape index (κ3) is 3.44. The maximum Gasteiger partial charge on any atom is 0.170 e. The normalized spacial score (nSPS) is 20.8. The summed E-state index contributed by atoms with van der Waals surface area (Å²) in [6.07, 6.45) is -0.116. The first-order valence-electron chi connectivity index (χ1n) is 8.39. The third-order valence-corrected chi connectivity index (χ3v) is 4.36. The first kappa shape index (κ1) is 17.6. The van der Waals surface area contributed by atoms with Crippen molar-refractivity contribution >= 4 is 11.4 Å².